The summed E-state index contributed by atoms with van der Waals surface area (Å²) < 4.78 is 0. The van der Waals surface area contributed by atoms with Gasteiger partial charge in [-0.25, -0.2) is 0 Å². The summed E-state index contributed by atoms with van der Waals surface area (Å²) in [5.74, 6) is 0.778. The number of allylic oxidation sites excluding steroid dienone is 1. The molecule has 1 fully saturated rings. The molecule has 1 rings (SSSR count). The van der Waals surface area contributed by atoms with Gasteiger partial charge >= 0.3 is 0 Å². The minimum absolute atomic E-state index is 0.0645. The Kier molecular flexibility index (Phi) is 2.55. The zero-order chi connectivity index (χ0) is 9.19. The lowest BCUT2D eigenvalue weighted by molar-refractivity contribution is -0.130. The molecule has 0 unspecified atom stereocenters. The molecule has 0 atom stereocenters. The van der Waals surface area contributed by atoms with Crippen molar-refractivity contribution in [3.63, 3.8) is 0 Å². The van der Waals surface area contributed by atoms with Gasteiger partial charge in [0.2, 0.25) is 0 Å². The van der Waals surface area contributed by atoms with Crippen LogP contribution in [-0.4, -0.2) is 10.9 Å². The molecule has 1 N–H and O–H groups in total. The summed E-state index contributed by atoms with van der Waals surface area (Å²) in [6, 6.07) is 0. The van der Waals surface area contributed by atoms with E-state index in [4.69, 9.17) is 5.11 Å². The Balaban J connectivity index is 2.49. The Morgan fingerprint density at radius 1 is 1.67 bits per heavy atom. The Bertz CT molecular complexity index is 200. The third-order valence-corrected chi connectivity index (χ3v) is 2.88. The Labute approximate surface area is 73.3 Å². The highest BCUT2D eigenvalue weighted by atomic mass is 16.2. The second-order valence-electron chi connectivity index (χ2n) is 3.92. The highest BCUT2D eigenvalue weighted by Crippen LogP contribution is 2.47. The SMILES string of the molecule is CCC1CC(C)(C(=O)C=CO)C1. The number of carbonyl (C=O) groups excluding carboxylic acids is 1. The van der Waals surface area contributed by atoms with Crippen LogP contribution in [0.15, 0.2) is 12.3 Å². The van der Waals surface area contributed by atoms with Gasteiger partial charge in [0.25, 0.3) is 0 Å². The molecule has 0 amide bonds. The predicted molar refractivity (Wildman–Crippen MR) is 47.9 cm³/mol. The molecule has 0 aromatic heterocycles. The molecule has 12 heavy (non-hydrogen) atoms. The first kappa shape index (κ1) is 9.30. The molecule has 0 radical (unpaired) electrons. The van der Waals surface area contributed by atoms with Crippen LogP contribution in [0.4, 0.5) is 0 Å². The third kappa shape index (κ3) is 1.52. The molecular weight excluding hydrogens is 152 g/mol. The van der Waals surface area contributed by atoms with E-state index in [-0.39, 0.29) is 11.2 Å². The van der Waals surface area contributed by atoms with Gasteiger partial charge in [0, 0.05) is 11.5 Å². The average Bonchev–Trinajstić information content (AvgIpc) is 1.99. The van der Waals surface area contributed by atoms with Crippen molar-refractivity contribution in [2.45, 2.75) is 33.1 Å². The molecule has 1 aliphatic carbocycles. The maximum Gasteiger partial charge on any atom is 0.164 e. The van der Waals surface area contributed by atoms with Gasteiger partial charge in [-0.1, -0.05) is 20.3 Å². The lowest BCUT2D eigenvalue weighted by Crippen LogP contribution is -2.40. The first-order valence-electron chi connectivity index (χ1n) is 4.47. The van der Waals surface area contributed by atoms with Gasteiger partial charge in [0.05, 0.1) is 6.26 Å². The van der Waals surface area contributed by atoms with Crippen LogP contribution in [0.5, 0.6) is 0 Å². The molecular formula is C10H16O2. The number of hydrogen-bond acceptors (Lipinski definition) is 2. The number of hydrogen-bond donors (Lipinski definition) is 1. The smallest absolute Gasteiger partial charge is 0.164 e. The van der Waals surface area contributed by atoms with Crippen LogP contribution < -0.4 is 0 Å². The van der Waals surface area contributed by atoms with Crippen molar-refractivity contribution in [3.8, 4) is 0 Å². The minimum Gasteiger partial charge on any atom is -0.515 e. The van der Waals surface area contributed by atoms with Crippen molar-refractivity contribution in [1.82, 2.24) is 0 Å². The Morgan fingerprint density at radius 2 is 2.25 bits per heavy atom. The molecule has 0 aromatic carbocycles. The van der Waals surface area contributed by atoms with Crippen molar-refractivity contribution in [1.29, 1.82) is 0 Å². The molecule has 0 aliphatic heterocycles. The molecule has 0 spiro atoms. The standard InChI is InChI=1S/C10H16O2/c1-3-8-6-10(2,7-8)9(12)4-5-11/h4-5,8,11H,3,6-7H2,1-2H3. The van der Waals surface area contributed by atoms with Crippen molar-refractivity contribution in [3.05, 3.63) is 12.3 Å². The fraction of sp³-hybridized carbons (Fsp3) is 0.700. The minimum atomic E-state index is -0.181. The molecule has 1 saturated carbocycles. The molecule has 2 nitrogen and oxygen atoms in total. The second-order valence-corrected chi connectivity index (χ2v) is 3.92. The summed E-state index contributed by atoms with van der Waals surface area (Å²) >= 11 is 0. The van der Waals surface area contributed by atoms with Gasteiger partial charge in [-0.3, -0.25) is 4.79 Å². The van der Waals surface area contributed by atoms with E-state index >= 15 is 0 Å². The number of carbonyl (C=O) groups is 1. The Hall–Kier alpha value is -0.790. The first-order valence-corrected chi connectivity index (χ1v) is 4.47. The van der Waals surface area contributed by atoms with Crippen molar-refractivity contribution >= 4 is 5.78 Å². The topological polar surface area (TPSA) is 37.3 Å². The summed E-state index contributed by atoms with van der Waals surface area (Å²) in [5, 5.41) is 8.44. The molecule has 68 valence electrons. The van der Waals surface area contributed by atoms with Crippen LogP contribution in [0, 0.1) is 11.3 Å². The molecule has 0 heterocycles. The first-order chi connectivity index (χ1) is 5.62. The van der Waals surface area contributed by atoms with Gasteiger partial charge in [-0.05, 0) is 18.8 Å². The number of ketones is 1. The van der Waals surface area contributed by atoms with Gasteiger partial charge in [0.15, 0.2) is 5.78 Å². The number of aliphatic hydroxyl groups excluding tert-OH is 1. The highest BCUT2D eigenvalue weighted by Gasteiger charge is 2.43. The van der Waals surface area contributed by atoms with Crippen LogP contribution in [0.1, 0.15) is 33.1 Å². The average molecular weight is 168 g/mol. The van der Waals surface area contributed by atoms with E-state index in [1.54, 1.807) is 0 Å². The summed E-state index contributed by atoms with van der Waals surface area (Å²) in [4.78, 5) is 11.4. The summed E-state index contributed by atoms with van der Waals surface area (Å²) in [6.07, 6.45) is 5.23. The largest absolute Gasteiger partial charge is 0.515 e. The maximum absolute atomic E-state index is 11.4. The Morgan fingerprint density at radius 3 is 2.67 bits per heavy atom. The van der Waals surface area contributed by atoms with Crippen molar-refractivity contribution in [2.24, 2.45) is 11.3 Å². The molecule has 0 bridgehead atoms. The normalized spacial score (nSPS) is 35.0. The van der Waals surface area contributed by atoms with E-state index in [2.05, 4.69) is 6.92 Å². The monoisotopic (exact) mass is 168 g/mol. The predicted octanol–water partition coefficient (Wildman–Crippen LogP) is 2.45. The number of aliphatic hydroxyl groups is 1. The summed E-state index contributed by atoms with van der Waals surface area (Å²) in [6.45, 7) is 4.12. The summed E-state index contributed by atoms with van der Waals surface area (Å²) in [7, 11) is 0. The molecule has 2 heteroatoms. The fourth-order valence-electron chi connectivity index (χ4n) is 1.97. The zero-order valence-electron chi connectivity index (χ0n) is 7.71. The van der Waals surface area contributed by atoms with Crippen LogP contribution in [0.3, 0.4) is 0 Å². The van der Waals surface area contributed by atoms with Gasteiger partial charge in [-0.2, -0.15) is 0 Å². The van der Waals surface area contributed by atoms with Crippen molar-refractivity contribution < 1.29 is 9.90 Å². The quantitative estimate of drug-likeness (QED) is 0.519. The summed E-state index contributed by atoms with van der Waals surface area (Å²) in [5.41, 5.74) is -0.181. The van der Waals surface area contributed by atoms with Gasteiger partial charge in [0.1, 0.15) is 0 Å². The van der Waals surface area contributed by atoms with E-state index in [1.165, 1.54) is 6.08 Å². The maximum atomic E-state index is 11.4. The van der Waals surface area contributed by atoms with Crippen LogP contribution >= 0.6 is 0 Å². The highest BCUT2D eigenvalue weighted by molar-refractivity contribution is 5.95. The molecule has 0 aromatic rings. The van der Waals surface area contributed by atoms with Crippen LogP contribution in [0.2, 0.25) is 0 Å². The van der Waals surface area contributed by atoms with Crippen LogP contribution in [0.25, 0.3) is 0 Å². The van der Waals surface area contributed by atoms with E-state index in [0.29, 0.717) is 5.92 Å². The lowest BCUT2D eigenvalue weighted by Gasteiger charge is -2.43. The van der Waals surface area contributed by atoms with E-state index in [1.807, 2.05) is 6.92 Å². The molecule has 0 saturated heterocycles. The van der Waals surface area contributed by atoms with Gasteiger partial charge < -0.3 is 5.11 Å². The molecule has 1 aliphatic rings. The van der Waals surface area contributed by atoms with E-state index in [0.717, 1.165) is 25.5 Å². The number of rotatable bonds is 3. The van der Waals surface area contributed by atoms with Gasteiger partial charge in [-0.15, -0.1) is 0 Å². The van der Waals surface area contributed by atoms with Crippen LogP contribution in [-0.2, 0) is 4.79 Å². The fourth-order valence-corrected chi connectivity index (χ4v) is 1.97. The second kappa shape index (κ2) is 3.30. The lowest BCUT2D eigenvalue weighted by atomic mass is 9.60. The third-order valence-electron chi connectivity index (χ3n) is 2.88. The van der Waals surface area contributed by atoms with Crippen molar-refractivity contribution in [2.75, 3.05) is 0 Å². The zero-order valence-corrected chi connectivity index (χ0v) is 7.71. The van der Waals surface area contributed by atoms with E-state index < -0.39 is 0 Å². The van der Waals surface area contributed by atoms with E-state index in [9.17, 15) is 4.79 Å².